The highest BCUT2D eigenvalue weighted by molar-refractivity contribution is 5.77. The largest absolute Gasteiger partial charge is 0.394 e. The minimum atomic E-state index is -0.496. The van der Waals surface area contributed by atoms with E-state index in [4.69, 9.17) is 0 Å². The van der Waals surface area contributed by atoms with Gasteiger partial charge in [-0.05, 0) is 32.3 Å². The predicted octanol–water partition coefficient (Wildman–Crippen LogP) is 2.20. The van der Waals surface area contributed by atoms with E-state index >= 15 is 0 Å². The number of hydrogen-bond donors (Lipinski definition) is 2. The van der Waals surface area contributed by atoms with Crippen LogP contribution in [0.5, 0.6) is 0 Å². The number of aliphatic hydroxyl groups is 1. The number of aryl methyl sites for hydroxylation is 2. The van der Waals surface area contributed by atoms with Crippen LogP contribution in [-0.4, -0.2) is 23.2 Å². The molecule has 1 aromatic rings. The first-order chi connectivity index (χ1) is 8.49. The summed E-state index contributed by atoms with van der Waals surface area (Å²) in [5, 5.41) is 12.1. The lowest BCUT2D eigenvalue weighted by Crippen LogP contribution is -2.48. The van der Waals surface area contributed by atoms with Crippen molar-refractivity contribution in [3.8, 4) is 0 Å². The maximum atomic E-state index is 11.8. The summed E-state index contributed by atoms with van der Waals surface area (Å²) in [4.78, 5) is 11.8. The molecule has 3 nitrogen and oxygen atoms in total. The molecule has 0 radical (unpaired) electrons. The van der Waals surface area contributed by atoms with Gasteiger partial charge in [0.15, 0.2) is 0 Å². The molecule has 0 saturated carbocycles. The Labute approximate surface area is 109 Å². The number of carbonyl (C=O) groups excluding carboxylic acids is 1. The number of rotatable bonds is 6. The minimum Gasteiger partial charge on any atom is -0.394 e. The first-order valence-electron chi connectivity index (χ1n) is 6.46. The molecule has 1 aromatic carbocycles. The van der Waals surface area contributed by atoms with Gasteiger partial charge in [-0.25, -0.2) is 0 Å². The standard InChI is InChI=1S/C15H23NO2/c1-4-15(3,11-17)16-14(18)10-9-13-7-5-12(2)6-8-13/h5-8,17H,4,9-11H2,1-3H3,(H,16,18). The zero-order valence-corrected chi connectivity index (χ0v) is 11.5. The molecule has 0 spiro atoms. The van der Waals surface area contributed by atoms with Gasteiger partial charge in [-0.2, -0.15) is 0 Å². The average Bonchev–Trinajstić information content (AvgIpc) is 2.38. The Bertz CT molecular complexity index is 380. The van der Waals surface area contributed by atoms with Crippen LogP contribution in [0.15, 0.2) is 24.3 Å². The molecular formula is C15H23NO2. The molecule has 100 valence electrons. The molecule has 0 bridgehead atoms. The molecule has 0 fully saturated rings. The Kier molecular flexibility index (Phi) is 5.35. The number of benzene rings is 1. The number of amides is 1. The molecule has 0 saturated heterocycles. The summed E-state index contributed by atoms with van der Waals surface area (Å²) in [6, 6.07) is 8.20. The van der Waals surface area contributed by atoms with Crippen molar-refractivity contribution < 1.29 is 9.90 Å². The third-order valence-corrected chi connectivity index (χ3v) is 3.33. The van der Waals surface area contributed by atoms with Crippen LogP contribution in [0.25, 0.3) is 0 Å². The fourth-order valence-corrected chi connectivity index (χ4v) is 1.65. The van der Waals surface area contributed by atoms with Crippen LogP contribution < -0.4 is 5.32 Å². The molecule has 0 aromatic heterocycles. The first-order valence-corrected chi connectivity index (χ1v) is 6.46. The molecule has 0 aliphatic rings. The number of carbonyl (C=O) groups is 1. The van der Waals surface area contributed by atoms with Crippen molar-refractivity contribution in [1.29, 1.82) is 0 Å². The molecule has 0 aliphatic heterocycles. The highest BCUT2D eigenvalue weighted by atomic mass is 16.3. The van der Waals surface area contributed by atoms with Crippen LogP contribution in [0, 0.1) is 6.92 Å². The van der Waals surface area contributed by atoms with Gasteiger partial charge >= 0.3 is 0 Å². The van der Waals surface area contributed by atoms with Crippen LogP contribution in [0.1, 0.15) is 37.8 Å². The summed E-state index contributed by atoms with van der Waals surface area (Å²) in [6.07, 6.45) is 1.91. The fourth-order valence-electron chi connectivity index (χ4n) is 1.65. The summed E-state index contributed by atoms with van der Waals surface area (Å²) in [6.45, 7) is 5.83. The summed E-state index contributed by atoms with van der Waals surface area (Å²) in [5.41, 5.74) is 1.89. The Morgan fingerprint density at radius 2 is 1.94 bits per heavy atom. The van der Waals surface area contributed by atoms with E-state index in [2.05, 4.69) is 17.4 Å². The lowest BCUT2D eigenvalue weighted by molar-refractivity contribution is -0.123. The van der Waals surface area contributed by atoms with Crippen molar-refractivity contribution in [3.63, 3.8) is 0 Å². The minimum absolute atomic E-state index is 0.00558. The number of nitrogens with one attached hydrogen (secondary N) is 1. The summed E-state index contributed by atoms with van der Waals surface area (Å²) in [7, 11) is 0. The van der Waals surface area contributed by atoms with Crippen molar-refractivity contribution in [1.82, 2.24) is 5.32 Å². The zero-order valence-electron chi connectivity index (χ0n) is 11.5. The summed E-state index contributed by atoms with van der Waals surface area (Å²) >= 11 is 0. The average molecular weight is 249 g/mol. The molecule has 0 heterocycles. The van der Waals surface area contributed by atoms with Gasteiger partial charge in [-0.1, -0.05) is 36.8 Å². The molecule has 1 rings (SSSR count). The quantitative estimate of drug-likeness (QED) is 0.812. The van der Waals surface area contributed by atoms with E-state index in [9.17, 15) is 9.90 Å². The predicted molar refractivity (Wildman–Crippen MR) is 73.4 cm³/mol. The van der Waals surface area contributed by atoms with E-state index in [1.54, 1.807) is 0 Å². The number of aliphatic hydroxyl groups excluding tert-OH is 1. The molecular weight excluding hydrogens is 226 g/mol. The van der Waals surface area contributed by atoms with E-state index in [1.807, 2.05) is 32.9 Å². The second kappa shape index (κ2) is 6.55. The molecule has 2 N–H and O–H groups in total. The number of hydrogen-bond acceptors (Lipinski definition) is 2. The van der Waals surface area contributed by atoms with Crippen LogP contribution in [0.3, 0.4) is 0 Å². The maximum absolute atomic E-state index is 11.8. The second-order valence-electron chi connectivity index (χ2n) is 5.11. The van der Waals surface area contributed by atoms with Crippen molar-refractivity contribution in [3.05, 3.63) is 35.4 Å². The Morgan fingerprint density at radius 3 is 2.44 bits per heavy atom. The van der Waals surface area contributed by atoms with Crippen LogP contribution in [-0.2, 0) is 11.2 Å². The van der Waals surface area contributed by atoms with Crippen LogP contribution in [0.2, 0.25) is 0 Å². The SMILES string of the molecule is CCC(C)(CO)NC(=O)CCc1ccc(C)cc1. The van der Waals surface area contributed by atoms with Crippen molar-refractivity contribution in [2.45, 2.75) is 45.6 Å². The summed E-state index contributed by atoms with van der Waals surface area (Å²) < 4.78 is 0. The van der Waals surface area contributed by atoms with Gasteiger partial charge in [-0.3, -0.25) is 4.79 Å². The van der Waals surface area contributed by atoms with Gasteiger partial charge in [0, 0.05) is 6.42 Å². The maximum Gasteiger partial charge on any atom is 0.220 e. The van der Waals surface area contributed by atoms with Crippen LogP contribution in [0.4, 0.5) is 0 Å². The van der Waals surface area contributed by atoms with Crippen molar-refractivity contribution in [2.24, 2.45) is 0 Å². The third-order valence-electron chi connectivity index (χ3n) is 3.33. The summed E-state index contributed by atoms with van der Waals surface area (Å²) in [5.74, 6) is -0.00558. The van der Waals surface area contributed by atoms with Gasteiger partial charge in [0.05, 0.1) is 12.1 Å². The Hall–Kier alpha value is -1.35. The highest BCUT2D eigenvalue weighted by Gasteiger charge is 2.22. The zero-order chi connectivity index (χ0) is 13.6. The van der Waals surface area contributed by atoms with E-state index < -0.39 is 5.54 Å². The van der Waals surface area contributed by atoms with Gasteiger partial charge in [0.2, 0.25) is 5.91 Å². The highest BCUT2D eigenvalue weighted by Crippen LogP contribution is 2.10. The molecule has 1 atom stereocenters. The smallest absolute Gasteiger partial charge is 0.220 e. The monoisotopic (exact) mass is 249 g/mol. The molecule has 3 heteroatoms. The van der Waals surface area contributed by atoms with Crippen LogP contribution >= 0.6 is 0 Å². The van der Waals surface area contributed by atoms with Crippen molar-refractivity contribution in [2.75, 3.05) is 6.61 Å². The normalized spacial score (nSPS) is 14.0. The molecule has 18 heavy (non-hydrogen) atoms. The van der Waals surface area contributed by atoms with Gasteiger partial charge in [-0.15, -0.1) is 0 Å². The van der Waals surface area contributed by atoms with Gasteiger partial charge < -0.3 is 10.4 Å². The Balaban J connectivity index is 2.44. The van der Waals surface area contributed by atoms with E-state index in [-0.39, 0.29) is 12.5 Å². The third kappa shape index (κ3) is 4.49. The fraction of sp³-hybridized carbons (Fsp3) is 0.533. The van der Waals surface area contributed by atoms with E-state index in [0.717, 1.165) is 18.4 Å². The Morgan fingerprint density at radius 1 is 1.33 bits per heavy atom. The molecule has 1 amide bonds. The van der Waals surface area contributed by atoms with Crippen molar-refractivity contribution >= 4 is 5.91 Å². The molecule has 0 aliphatic carbocycles. The van der Waals surface area contributed by atoms with Gasteiger partial charge in [0.1, 0.15) is 0 Å². The lowest BCUT2D eigenvalue weighted by atomic mass is 9.99. The second-order valence-corrected chi connectivity index (χ2v) is 5.11. The topological polar surface area (TPSA) is 49.3 Å². The van der Waals surface area contributed by atoms with E-state index in [0.29, 0.717) is 6.42 Å². The van der Waals surface area contributed by atoms with Gasteiger partial charge in [0.25, 0.3) is 0 Å². The molecule has 1 unspecified atom stereocenters. The van der Waals surface area contributed by atoms with E-state index in [1.165, 1.54) is 5.56 Å². The lowest BCUT2D eigenvalue weighted by Gasteiger charge is -2.27. The first kappa shape index (κ1) is 14.7.